The van der Waals surface area contributed by atoms with E-state index < -0.39 is 0 Å². The van der Waals surface area contributed by atoms with E-state index in [0.29, 0.717) is 0 Å². The lowest BCUT2D eigenvalue weighted by Gasteiger charge is -1.84. The maximum absolute atomic E-state index is 4.60. The average Bonchev–Trinajstić information content (AvgIpc) is 1.41. The summed E-state index contributed by atoms with van der Waals surface area (Å²) in [6.45, 7) is 5.97. The van der Waals surface area contributed by atoms with E-state index >= 15 is 0 Å². The third kappa shape index (κ3) is 9.25. The van der Waals surface area contributed by atoms with E-state index in [1.165, 1.54) is 6.26 Å². The normalized spacial score (nSPS) is 5.50. The SMILES string of the molecule is C=COCC.[SiH4]. The molecular formula is C4H12OSi. The quantitative estimate of drug-likeness (QED) is 0.346. The molecule has 0 saturated heterocycles. The highest BCUT2D eigenvalue weighted by atomic mass is 28.1. The second-order valence-electron chi connectivity index (χ2n) is 0.622. The first-order valence-corrected chi connectivity index (χ1v) is 1.64. The van der Waals surface area contributed by atoms with Crippen molar-refractivity contribution in [2.24, 2.45) is 0 Å². The van der Waals surface area contributed by atoms with Crippen molar-refractivity contribution >= 4 is 11.0 Å². The molecule has 0 aliphatic rings. The van der Waals surface area contributed by atoms with Crippen LogP contribution >= 0.6 is 0 Å². The molecule has 0 unspecified atom stereocenters. The maximum Gasteiger partial charge on any atom is 0.0844 e. The van der Waals surface area contributed by atoms with Crippen LogP contribution in [0, 0.1) is 0 Å². The zero-order chi connectivity index (χ0) is 4.12. The zero-order valence-electron chi connectivity index (χ0n) is 3.40. The van der Waals surface area contributed by atoms with E-state index in [9.17, 15) is 0 Å². The summed E-state index contributed by atoms with van der Waals surface area (Å²) < 4.78 is 4.60. The van der Waals surface area contributed by atoms with Crippen LogP contribution < -0.4 is 0 Å². The summed E-state index contributed by atoms with van der Waals surface area (Å²) in [6, 6.07) is 0. The van der Waals surface area contributed by atoms with Gasteiger partial charge in [0.15, 0.2) is 0 Å². The molecular weight excluding hydrogens is 92.1 g/mol. The molecule has 0 aromatic heterocycles. The van der Waals surface area contributed by atoms with E-state index in [-0.39, 0.29) is 11.0 Å². The predicted octanol–water partition coefficient (Wildman–Crippen LogP) is -0.285. The minimum Gasteiger partial charge on any atom is -0.502 e. The van der Waals surface area contributed by atoms with Gasteiger partial charge in [0.05, 0.1) is 12.9 Å². The van der Waals surface area contributed by atoms with Crippen molar-refractivity contribution in [2.75, 3.05) is 6.61 Å². The van der Waals surface area contributed by atoms with E-state index in [4.69, 9.17) is 0 Å². The fraction of sp³-hybridized carbons (Fsp3) is 0.500. The summed E-state index contributed by atoms with van der Waals surface area (Å²) in [5.41, 5.74) is 0. The molecule has 0 heterocycles. The molecule has 38 valence electrons. The van der Waals surface area contributed by atoms with E-state index in [1.54, 1.807) is 0 Å². The molecule has 0 N–H and O–H groups in total. The van der Waals surface area contributed by atoms with Crippen molar-refractivity contribution in [3.05, 3.63) is 12.8 Å². The van der Waals surface area contributed by atoms with E-state index in [1.807, 2.05) is 6.92 Å². The van der Waals surface area contributed by atoms with Crippen LogP contribution in [-0.2, 0) is 4.74 Å². The third-order valence-electron chi connectivity index (χ3n) is 0.285. The summed E-state index contributed by atoms with van der Waals surface area (Å²) in [5.74, 6) is 0. The second kappa shape index (κ2) is 8.83. The fourth-order valence-corrected chi connectivity index (χ4v) is 0.118. The van der Waals surface area contributed by atoms with Crippen molar-refractivity contribution in [3.63, 3.8) is 0 Å². The smallest absolute Gasteiger partial charge is 0.0844 e. The summed E-state index contributed by atoms with van der Waals surface area (Å²) >= 11 is 0. The molecule has 0 aliphatic heterocycles. The highest BCUT2D eigenvalue weighted by molar-refractivity contribution is 5.75. The van der Waals surface area contributed by atoms with Gasteiger partial charge in [-0.3, -0.25) is 0 Å². The summed E-state index contributed by atoms with van der Waals surface area (Å²) in [4.78, 5) is 0. The Morgan fingerprint density at radius 3 is 2.33 bits per heavy atom. The summed E-state index contributed by atoms with van der Waals surface area (Å²) in [5, 5.41) is 0. The molecule has 0 fully saturated rings. The number of hydrogen-bond acceptors (Lipinski definition) is 1. The summed E-state index contributed by atoms with van der Waals surface area (Å²) in [7, 11) is 0. The predicted molar refractivity (Wildman–Crippen MR) is 33.2 cm³/mol. The third-order valence-corrected chi connectivity index (χ3v) is 0.285. The Hall–Kier alpha value is -0.243. The lowest BCUT2D eigenvalue weighted by atomic mass is 10.9. The molecule has 0 spiro atoms. The highest BCUT2D eigenvalue weighted by Crippen LogP contribution is 1.65. The van der Waals surface area contributed by atoms with Gasteiger partial charge in [0, 0.05) is 0 Å². The Balaban J connectivity index is 0. The maximum atomic E-state index is 4.60. The molecule has 0 bridgehead atoms. The van der Waals surface area contributed by atoms with E-state index in [2.05, 4.69) is 11.3 Å². The van der Waals surface area contributed by atoms with Gasteiger partial charge in [-0.25, -0.2) is 0 Å². The van der Waals surface area contributed by atoms with Gasteiger partial charge in [-0.2, -0.15) is 0 Å². The Kier molecular flexibility index (Phi) is 13.6. The summed E-state index contributed by atoms with van der Waals surface area (Å²) in [6.07, 6.45) is 1.43. The van der Waals surface area contributed by atoms with Crippen molar-refractivity contribution < 1.29 is 4.74 Å². The Morgan fingerprint density at radius 2 is 2.33 bits per heavy atom. The topological polar surface area (TPSA) is 9.23 Å². The van der Waals surface area contributed by atoms with Crippen LogP contribution in [0.25, 0.3) is 0 Å². The first-order valence-electron chi connectivity index (χ1n) is 1.64. The van der Waals surface area contributed by atoms with Crippen LogP contribution in [0.4, 0.5) is 0 Å². The van der Waals surface area contributed by atoms with Crippen LogP contribution in [0.1, 0.15) is 6.92 Å². The minimum atomic E-state index is 0. The molecule has 1 nitrogen and oxygen atoms in total. The molecule has 0 amide bonds. The van der Waals surface area contributed by atoms with Gasteiger partial charge in [0.25, 0.3) is 0 Å². The van der Waals surface area contributed by atoms with Crippen molar-refractivity contribution in [2.45, 2.75) is 6.92 Å². The monoisotopic (exact) mass is 104 g/mol. The molecule has 6 heavy (non-hydrogen) atoms. The van der Waals surface area contributed by atoms with Gasteiger partial charge in [0.1, 0.15) is 0 Å². The Labute approximate surface area is 43.0 Å². The molecule has 0 atom stereocenters. The van der Waals surface area contributed by atoms with Gasteiger partial charge >= 0.3 is 0 Å². The molecule has 2 heteroatoms. The minimum absolute atomic E-state index is 0. The lowest BCUT2D eigenvalue weighted by molar-refractivity contribution is 0.270. The molecule has 0 aromatic carbocycles. The molecule has 0 saturated carbocycles. The van der Waals surface area contributed by atoms with Crippen LogP contribution in [0.5, 0.6) is 0 Å². The first-order chi connectivity index (χ1) is 2.41. The largest absolute Gasteiger partial charge is 0.502 e. The lowest BCUT2D eigenvalue weighted by Crippen LogP contribution is -1.72. The van der Waals surface area contributed by atoms with Crippen molar-refractivity contribution in [1.82, 2.24) is 0 Å². The molecule has 0 aromatic rings. The number of ether oxygens (including phenoxy) is 1. The molecule has 0 aliphatic carbocycles. The molecule has 0 rings (SSSR count). The van der Waals surface area contributed by atoms with Gasteiger partial charge < -0.3 is 4.74 Å². The van der Waals surface area contributed by atoms with Crippen molar-refractivity contribution in [3.8, 4) is 0 Å². The fourth-order valence-electron chi connectivity index (χ4n) is 0.118. The number of hydrogen-bond donors (Lipinski definition) is 0. The van der Waals surface area contributed by atoms with Crippen LogP contribution in [0.2, 0.25) is 0 Å². The second-order valence-corrected chi connectivity index (χ2v) is 0.622. The van der Waals surface area contributed by atoms with Gasteiger partial charge in [0.2, 0.25) is 0 Å². The van der Waals surface area contributed by atoms with Crippen LogP contribution in [0.15, 0.2) is 12.8 Å². The molecule has 0 radical (unpaired) electrons. The van der Waals surface area contributed by atoms with Gasteiger partial charge in [-0.15, -0.1) is 0 Å². The van der Waals surface area contributed by atoms with Crippen LogP contribution in [-0.4, -0.2) is 17.6 Å². The van der Waals surface area contributed by atoms with Crippen molar-refractivity contribution in [1.29, 1.82) is 0 Å². The zero-order valence-corrected chi connectivity index (χ0v) is 3.40. The Bertz CT molecular complexity index is 28.7. The van der Waals surface area contributed by atoms with Gasteiger partial charge in [-0.05, 0) is 17.9 Å². The highest BCUT2D eigenvalue weighted by Gasteiger charge is 1.55. The number of rotatable bonds is 2. The first kappa shape index (κ1) is 9.23. The van der Waals surface area contributed by atoms with Gasteiger partial charge in [-0.1, -0.05) is 6.58 Å². The van der Waals surface area contributed by atoms with Crippen LogP contribution in [0.3, 0.4) is 0 Å². The standard InChI is InChI=1S/C4H8O.H4Si/c1-3-5-4-2;/h3H,1,4H2,2H3;1H4. The average molecular weight is 104 g/mol. The van der Waals surface area contributed by atoms with E-state index in [0.717, 1.165) is 6.61 Å². The Morgan fingerprint density at radius 1 is 1.83 bits per heavy atom.